The average molecular weight is 273 g/mol. The Morgan fingerprint density at radius 3 is 2.65 bits per heavy atom. The van der Waals surface area contributed by atoms with Gasteiger partial charge in [-0.3, -0.25) is 4.79 Å². The number of aromatic nitrogens is 3. The lowest BCUT2D eigenvalue weighted by molar-refractivity contribution is -0.118. The maximum absolute atomic E-state index is 12.0. The van der Waals surface area contributed by atoms with Crippen molar-refractivity contribution in [2.75, 3.05) is 5.32 Å². The molecule has 0 aliphatic rings. The highest BCUT2D eigenvalue weighted by Gasteiger charge is 2.19. The van der Waals surface area contributed by atoms with Gasteiger partial charge < -0.3 is 11.1 Å². The maximum atomic E-state index is 12.0. The van der Waals surface area contributed by atoms with Gasteiger partial charge in [0.25, 0.3) is 0 Å². The van der Waals surface area contributed by atoms with Crippen LogP contribution in [0.3, 0.4) is 0 Å². The van der Waals surface area contributed by atoms with Crippen LogP contribution in [0, 0.1) is 5.92 Å². The van der Waals surface area contributed by atoms with Gasteiger partial charge in [-0.1, -0.05) is 20.3 Å². The van der Waals surface area contributed by atoms with Crippen LogP contribution in [0.5, 0.6) is 0 Å². The first-order valence-corrected chi connectivity index (χ1v) is 6.63. The molecule has 0 saturated heterocycles. The van der Waals surface area contributed by atoms with Crippen LogP contribution < -0.4 is 11.1 Å². The zero-order valence-electron chi connectivity index (χ0n) is 11.7. The predicted molar refractivity (Wildman–Crippen MR) is 77.4 cm³/mol. The largest absolute Gasteiger partial charge is 0.325 e. The highest BCUT2D eigenvalue weighted by molar-refractivity contribution is 5.94. The summed E-state index contributed by atoms with van der Waals surface area (Å²) in [5.41, 5.74) is 7.49. The monoisotopic (exact) mass is 273 g/mol. The zero-order chi connectivity index (χ0) is 14.5. The third kappa shape index (κ3) is 3.21. The van der Waals surface area contributed by atoms with E-state index >= 15 is 0 Å². The minimum Gasteiger partial charge on any atom is -0.325 e. The fourth-order valence-electron chi connectivity index (χ4n) is 1.78. The molecule has 0 fully saturated rings. The number of hydrogen-bond donors (Lipinski definition) is 2. The van der Waals surface area contributed by atoms with Crippen molar-refractivity contribution in [2.24, 2.45) is 11.7 Å². The van der Waals surface area contributed by atoms with Gasteiger partial charge in [0.2, 0.25) is 5.91 Å². The minimum absolute atomic E-state index is 0.157. The van der Waals surface area contributed by atoms with Gasteiger partial charge in [-0.2, -0.15) is 5.10 Å². The van der Waals surface area contributed by atoms with Crippen molar-refractivity contribution >= 4 is 11.6 Å². The summed E-state index contributed by atoms with van der Waals surface area (Å²) >= 11 is 0. The summed E-state index contributed by atoms with van der Waals surface area (Å²) in [7, 11) is 0. The van der Waals surface area contributed by atoms with Crippen molar-refractivity contribution in [2.45, 2.75) is 26.3 Å². The molecule has 3 N–H and O–H groups in total. The Hall–Kier alpha value is -2.21. The SMILES string of the molecule is CCC(C)[C@H](N)C(=O)Nc1ccc(-n2cncn2)cc1. The first-order valence-electron chi connectivity index (χ1n) is 6.63. The summed E-state index contributed by atoms with van der Waals surface area (Å²) in [6, 6.07) is 6.87. The van der Waals surface area contributed by atoms with E-state index in [1.165, 1.54) is 6.33 Å². The van der Waals surface area contributed by atoms with E-state index in [1.54, 1.807) is 11.0 Å². The average Bonchev–Trinajstić information content (AvgIpc) is 3.00. The second-order valence-electron chi connectivity index (χ2n) is 4.79. The lowest BCUT2D eigenvalue weighted by Gasteiger charge is -2.17. The molecule has 2 aromatic rings. The molecule has 1 amide bonds. The standard InChI is InChI=1S/C14H19N5O/c1-3-10(2)13(15)14(20)18-11-4-6-12(7-5-11)19-9-16-8-17-19/h4-10,13H,3,15H2,1-2H3,(H,18,20)/t10?,13-/m0/s1. The Balaban J connectivity index is 2.02. The molecule has 20 heavy (non-hydrogen) atoms. The van der Waals surface area contributed by atoms with E-state index in [1.807, 2.05) is 38.1 Å². The molecule has 2 rings (SSSR count). The van der Waals surface area contributed by atoms with Gasteiger partial charge in [-0.15, -0.1) is 0 Å². The molecular weight excluding hydrogens is 254 g/mol. The number of hydrogen-bond acceptors (Lipinski definition) is 4. The molecule has 0 aliphatic heterocycles. The Morgan fingerprint density at radius 1 is 1.40 bits per heavy atom. The van der Waals surface area contributed by atoms with Crippen molar-refractivity contribution in [3.05, 3.63) is 36.9 Å². The summed E-state index contributed by atoms with van der Waals surface area (Å²) in [6.45, 7) is 3.99. The lowest BCUT2D eigenvalue weighted by Crippen LogP contribution is -2.40. The fourth-order valence-corrected chi connectivity index (χ4v) is 1.78. The Labute approximate surface area is 118 Å². The van der Waals surface area contributed by atoms with Crippen LogP contribution in [0.4, 0.5) is 5.69 Å². The number of anilines is 1. The molecule has 2 atom stereocenters. The number of carbonyl (C=O) groups excluding carboxylic acids is 1. The van der Waals surface area contributed by atoms with Crippen LogP contribution >= 0.6 is 0 Å². The molecular formula is C14H19N5O. The number of nitrogens with zero attached hydrogens (tertiary/aromatic N) is 3. The predicted octanol–water partition coefficient (Wildman–Crippen LogP) is 1.58. The fraction of sp³-hybridized carbons (Fsp3) is 0.357. The van der Waals surface area contributed by atoms with Crippen LogP contribution in [0.25, 0.3) is 5.69 Å². The summed E-state index contributed by atoms with van der Waals surface area (Å²) < 4.78 is 1.65. The van der Waals surface area contributed by atoms with Crippen molar-refractivity contribution in [1.82, 2.24) is 14.8 Å². The second-order valence-corrected chi connectivity index (χ2v) is 4.79. The third-order valence-corrected chi connectivity index (χ3v) is 3.38. The van der Waals surface area contributed by atoms with Crippen LogP contribution in [-0.2, 0) is 4.79 Å². The highest BCUT2D eigenvalue weighted by Crippen LogP contribution is 2.14. The summed E-state index contributed by atoms with van der Waals surface area (Å²) in [4.78, 5) is 15.8. The first kappa shape index (κ1) is 14.2. The summed E-state index contributed by atoms with van der Waals surface area (Å²) in [5, 5.41) is 6.86. The molecule has 1 aromatic heterocycles. The Morgan fingerprint density at radius 2 is 2.10 bits per heavy atom. The molecule has 0 spiro atoms. The molecule has 0 saturated carbocycles. The van der Waals surface area contributed by atoms with Crippen molar-refractivity contribution in [3.8, 4) is 5.69 Å². The molecule has 0 bridgehead atoms. The van der Waals surface area contributed by atoms with E-state index in [-0.39, 0.29) is 11.8 Å². The second kappa shape index (κ2) is 6.29. The van der Waals surface area contributed by atoms with Gasteiger partial charge in [-0.25, -0.2) is 9.67 Å². The van der Waals surface area contributed by atoms with Crippen molar-refractivity contribution in [1.29, 1.82) is 0 Å². The van der Waals surface area contributed by atoms with Crippen LogP contribution in [-0.4, -0.2) is 26.7 Å². The Kier molecular flexibility index (Phi) is 4.47. The topological polar surface area (TPSA) is 85.8 Å². The van der Waals surface area contributed by atoms with Crippen LogP contribution in [0.15, 0.2) is 36.9 Å². The van der Waals surface area contributed by atoms with Gasteiger partial charge in [0, 0.05) is 5.69 Å². The normalized spacial score (nSPS) is 13.8. The first-order chi connectivity index (χ1) is 9.61. The smallest absolute Gasteiger partial charge is 0.241 e. The molecule has 6 heteroatoms. The maximum Gasteiger partial charge on any atom is 0.241 e. The van der Waals surface area contributed by atoms with Gasteiger partial charge in [0.1, 0.15) is 12.7 Å². The molecule has 106 valence electrons. The van der Waals surface area contributed by atoms with E-state index in [2.05, 4.69) is 15.4 Å². The van der Waals surface area contributed by atoms with Crippen molar-refractivity contribution < 1.29 is 4.79 Å². The molecule has 1 unspecified atom stereocenters. The van der Waals surface area contributed by atoms with Gasteiger partial charge in [0.15, 0.2) is 0 Å². The van der Waals surface area contributed by atoms with Crippen LogP contribution in [0.1, 0.15) is 20.3 Å². The summed E-state index contributed by atoms with van der Waals surface area (Å²) in [6.07, 6.45) is 3.97. The lowest BCUT2D eigenvalue weighted by atomic mass is 9.99. The number of carbonyl (C=O) groups is 1. The number of nitrogens with one attached hydrogen (secondary N) is 1. The van der Waals surface area contributed by atoms with E-state index in [0.29, 0.717) is 0 Å². The molecule has 0 aliphatic carbocycles. The van der Waals surface area contributed by atoms with Crippen LogP contribution in [0.2, 0.25) is 0 Å². The Bertz CT molecular complexity index is 549. The van der Waals surface area contributed by atoms with E-state index in [9.17, 15) is 4.79 Å². The van der Waals surface area contributed by atoms with Gasteiger partial charge in [-0.05, 0) is 30.2 Å². The van der Waals surface area contributed by atoms with E-state index in [4.69, 9.17) is 5.73 Å². The summed E-state index contributed by atoms with van der Waals surface area (Å²) in [5.74, 6) is -0.00252. The zero-order valence-corrected chi connectivity index (χ0v) is 11.7. The molecule has 1 aromatic carbocycles. The highest BCUT2D eigenvalue weighted by atomic mass is 16.2. The quantitative estimate of drug-likeness (QED) is 0.866. The van der Waals surface area contributed by atoms with E-state index in [0.717, 1.165) is 17.8 Å². The number of amides is 1. The molecule has 0 radical (unpaired) electrons. The van der Waals surface area contributed by atoms with Gasteiger partial charge in [0.05, 0.1) is 11.7 Å². The third-order valence-electron chi connectivity index (χ3n) is 3.38. The van der Waals surface area contributed by atoms with Crippen molar-refractivity contribution in [3.63, 3.8) is 0 Å². The number of rotatable bonds is 5. The molecule has 6 nitrogen and oxygen atoms in total. The van der Waals surface area contributed by atoms with E-state index < -0.39 is 6.04 Å². The molecule has 1 heterocycles. The number of benzene rings is 1. The number of nitrogens with two attached hydrogens (primary N) is 1. The minimum atomic E-state index is -0.491. The van der Waals surface area contributed by atoms with Gasteiger partial charge >= 0.3 is 0 Å².